The lowest BCUT2D eigenvalue weighted by Gasteiger charge is -2.23. The van der Waals surface area contributed by atoms with Gasteiger partial charge in [0.15, 0.2) is 11.5 Å². The van der Waals surface area contributed by atoms with Gasteiger partial charge in [0.25, 0.3) is 0 Å². The zero-order valence-corrected chi connectivity index (χ0v) is 28.8. The van der Waals surface area contributed by atoms with Gasteiger partial charge in [0.2, 0.25) is 5.75 Å². The van der Waals surface area contributed by atoms with Gasteiger partial charge in [-0.25, -0.2) is 4.98 Å². The second kappa shape index (κ2) is 16.9. The Bertz CT molecular complexity index is 1820. The summed E-state index contributed by atoms with van der Waals surface area (Å²) in [5, 5.41) is 34.3. The summed E-state index contributed by atoms with van der Waals surface area (Å²) in [6.45, 7) is 4.33. The number of esters is 1. The van der Waals surface area contributed by atoms with E-state index in [0.29, 0.717) is 30.8 Å². The number of methoxy groups -OCH3 is 1. The Kier molecular flexibility index (Phi) is 12.2. The van der Waals surface area contributed by atoms with Crippen LogP contribution < -0.4 is 10.1 Å². The van der Waals surface area contributed by atoms with Crippen molar-refractivity contribution in [1.29, 1.82) is 0 Å². The summed E-state index contributed by atoms with van der Waals surface area (Å²) in [7, 11) is 1.38. The normalized spacial score (nSPS) is 21.7. The second-order valence-corrected chi connectivity index (χ2v) is 13.0. The molecule has 0 amide bonds. The van der Waals surface area contributed by atoms with E-state index in [1.54, 1.807) is 24.4 Å². The number of rotatable bonds is 5. The van der Waals surface area contributed by atoms with Gasteiger partial charge in [-0.05, 0) is 95.8 Å². The molecule has 0 aliphatic carbocycles. The molecule has 2 aromatic carbocycles. The van der Waals surface area contributed by atoms with E-state index in [4.69, 9.17) is 9.47 Å². The number of hydrogen-bond donors (Lipinski definition) is 4. The predicted molar refractivity (Wildman–Crippen MR) is 192 cm³/mol. The first-order valence-electron chi connectivity index (χ1n) is 17.1. The molecule has 262 valence electrons. The fraction of sp³-hybridized carbons (Fsp3) is 0.400. The highest BCUT2D eigenvalue weighted by molar-refractivity contribution is 5.83. The summed E-state index contributed by atoms with van der Waals surface area (Å²) < 4.78 is 10.9. The molecule has 0 saturated heterocycles. The van der Waals surface area contributed by atoms with Crippen molar-refractivity contribution in [3.63, 3.8) is 0 Å². The number of ether oxygens (including phenoxy) is 2. The van der Waals surface area contributed by atoms with Gasteiger partial charge in [0.1, 0.15) is 23.5 Å². The van der Waals surface area contributed by atoms with Crippen molar-refractivity contribution in [2.45, 2.75) is 76.7 Å². The maximum absolute atomic E-state index is 13.6. The number of anilines is 1. The van der Waals surface area contributed by atoms with E-state index in [2.05, 4.69) is 34.1 Å². The quantitative estimate of drug-likeness (QED) is 0.130. The number of hydrogen-bond acceptors (Lipinski definition) is 10. The van der Waals surface area contributed by atoms with E-state index in [9.17, 15) is 24.9 Å². The van der Waals surface area contributed by atoms with E-state index in [1.165, 1.54) is 31.2 Å². The van der Waals surface area contributed by atoms with Crippen LogP contribution >= 0.6 is 0 Å². The molecule has 3 aromatic rings. The van der Waals surface area contributed by atoms with Crippen molar-refractivity contribution in [3.05, 3.63) is 82.6 Å². The van der Waals surface area contributed by atoms with Crippen molar-refractivity contribution in [2.75, 3.05) is 25.5 Å². The molecular weight excluding hydrogens is 634 g/mol. The molecule has 0 unspecified atom stereocenters. The average molecular weight is 680 g/mol. The Labute approximate surface area is 293 Å². The van der Waals surface area contributed by atoms with Gasteiger partial charge < -0.3 is 30.1 Å². The van der Waals surface area contributed by atoms with Crippen molar-refractivity contribution in [3.8, 4) is 34.8 Å². The number of nitrogens with one attached hydrogen (secondary N) is 1. The number of aromatic nitrogens is 1. The molecule has 2 aliphatic heterocycles. The van der Waals surface area contributed by atoms with E-state index in [1.807, 2.05) is 30.5 Å². The topological polar surface area (TPSA) is 151 Å². The highest BCUT2D eigenvalue weighted by atomic mass is 16.5. The molecule has 0 spiro atoms. The maximum atomic E-state index is 13.6. The molecule has 0 saturated carbocycles. The van der Waals surface area contributed by atoms with Crippen LogP contribution in [0.4, 0.5) is 5.82 Å². The summed E-state index contributed by atoms with van der Waals surface area (Å²) in [5.41, 5.74) is 4.97. The molecule has 4 atom stereocenters. The number of phenolic OH excluding ortho intramolecular Hbond substituents is 3. The third kappa shape index (κ3) is 9.44. The fourth-order valence-corrected chi connectivity index (χ4v) is 6.75. The molecule has 2 aliphatic rings. The Morgan fingerprint density at radius 1 is 1.00 bits per heavy atom. The third-order valence-electron chi connectivity index (χ3n) is 9.43. The average Bonchev–Trinajstić information content (AvgIpc) is 3.53. The van der Waals surface area contributed by atoms with Gasteiger partial charge in [-0.1, -0.05) is 37.3 Å². The van der Waals surface area contributed by atoms with E-state index < -0.39 is 23.7 Å². The Morgan fingerprint density at radius 2 is 1.82 bits per heavy atom. The minimum Gasteiger partial charge on any atom is -0.508 e. The van der Waals surface area contributed by atoms with Crippen LogP contribution in [0.2, 0.25) is 0 Å². The molecule has 4 N–H and O–H groups in total. The zero-order chi connectivity index (χ0) is 35.6. The number of aliphatic imine (C=N–C) groups is 1. The molecule has 1 aromatic heterocycles. The summed E-state index contributed by atoms with van der Waals surface area (Å²) in [6.07, 6.45) is 6.91. The number of Topliss-reactive ketones (excluding diaryl/α,β-unsaturated/α-hetero) is 1. The first-order valence-corrected chi connectivity index (χ1v) is 17.1. The van der Waals surface area contributed by atoms with Crippen LogP contribution in [-0.2, 0) is 14.3 Å². The smallest absolute Gasteiger partial charge is 0.302 e. The Balaban J connectivity index is 1.53. The monoisotopic (exact) mass is 679 g/mol. The summed E-state index contributed by atoms with van der Waals surface area (Å²) in [5.74, 6) is 5.40. The number of carbonyl (C=O) groups excluding carboxylic acids is 2. The number of aromatic hydroxyl groups is 3. The van der Waals surface area contributed by atoms with Gasteiger partial charge in [-0.3, -0.25) is 14.6 Å². The van der Waals surface area contributed by atoms with Crippen molar-refractivity contribution >= 4 is 23.8 Å². The predicted octanol–water partition coefficient (Wildman–Crippen LogP) is 6.80. The molecule has 50 heavy (non-hydrogen) atoms. The van der Waals surface area contributed by atoms with Crippen molar-refractivity contribution in [1.82, 2.24) is 4.98 Å². The maximum Gasteiger partial charge on any atom is 0.302 e. The lowest BCUT2D eigenvalue weighted by atomic mass is 9.83. The molecule has 0 radical (unpaired) electrons. The Hall–Kier alpha value is -5.30. The minimum atomic E-state index is -0.641. The molecule has 2 bridgehead atoms. The van der Waals surface area contributed by atoms with Crippen LogP contribution in [-0.4, -0.2) is 64.6 Å². The van der Waals surface area contributed by atoms with Crippen LogP contribution in [0.25, 0.3) is 0 Å². The molecule has 0 fully saturated rings. The first kappa shape index (κ1) is 36.0. The number of phenols is 3. The van der Waals surface area contributed by atoms with Crippen molar-refractivity contribution in [2.24, 2.45) is 10.9 Å². The number of carbonyl (C=O) groups is 2. The number of pyridine rings is 1. The van der Waals surface area contributed by atoms with Crippen LogP contribution in [0.15, 0.2) is 70.9 Å². The van der Waals surface area contributed by atoms with Crippen molar-refractivity contribution < 1.29 is 34.4 Å². The number of allylic oxidation sites excluding steroid dienone is 1. The lowest BCUT2D eigenvalue weighted by molar-refractivity contribution is -0.148. The van der Waals surface area contributed by atoms with Gasteiger partial charge in [-0.15, -0.1) is 0 Å². The molecule has 10 heteroatoms. The third-order valence-corrected chi connectivity index (χ3v) is 9.43. The molecular formula is C40H45N3O7. The van der Waals surface area contributed by atoms with Gasteiger partial charge >= 0.3 is 5.97 Å². The highest BCUT2D eigenvalue weighted by Gasteiger charge is 2.26. The number of ketones is 1. The van der Waals surface area contributed by atoms with Gasteiger partial charge in [0.05, 0.1) is 26.1 Å². The van der Waals surface area contributed by atoms with E-state index >= 15 is 0 Å². The Morgan fingerprint density at radius 3 is 2.58 bits per heavy atom. The van der Waals surface area contributed by atoms with Crippen LogP contribution in [0.3, 0.4) is 0 Å². The summed E-state index contributed by atoms with van der Waals surface area (Å²) >= 11 is 0. The lowest BCUT2D eigenvalue weighted by Crippen LogP contribution is -2.22. The van der Waals surface area contributed by atoms with Gasteiger partial charge in [0, 0.05) is 38.1 Å². The number of fused-ring (bicyclic) bond motifs is 2. The zero-order valence-electron chi connectivity index (χ0n) is 28.8. The standard InChI is InChI=1S/C40H45N3O7/c1-4-26-10-11-35(50-25(2)44)22-34(46)16-27(30-19-37(47)40(48)38(20-30)49-3)8-6-13-42-39-21-29(12-14-43-39)36(28-7-5-9-33(45)17-28)18-32-24-41-23-31(32)15-26/h5,7,9,12,14,17,19-21,23,26-27,35-36,45,47-48H,4,10-11,13,15-16,18,22,24H2,1-3H3,(H,42,43)/t26-,27-,35+,36-/m0/s1. The largest absolute Gasteiger partial charge is 0.508 e. The van der Waals surface area contributed by atoms with Gasteiger partial charge in [-0.2, -0.15) is 0 Å². The van der Waals surface area contributed by atoms with E-state index in [0.717, 1.165) is 30.4 Å². The molecule has 3 heterocycles. The number of benzene rings is 2. The fourth-order valence-electron chi connectivity index (χ4n) is 6.75. The van der Waals surface area contributed by atoms with Crippen LogP contribution in [0.5, 0.6) is 23.0 Å². The SMILES string of the molecule is CC[C@H]1CC[C@@H](OC(C)=O)CC(=O)C[C@@H](c2cc(O)c(O)c(OC)c2)C#CCNc2cc(ccn2)[C@H](c2cccc(O)c2)CC2=C(C=NC2)C1. The van der Waals surface area contributed by atoms with Crippen LogP contribution in [0, 0.1) is 17.8 Å². The van der Waals surface area contributed by atoms with Crippen LogP contribution in [0.1, 0.15) is 87.3 Å². The number of nitrogens with zero attached hydrogens (tertiary/aromatic N) is 2. The second-order valence-electron chi connectivity index (χ2n) is 13.0. The molecule has 10 nitrogen and oxygen atoms in total. The summed E-state index contributed by atoms with van der Waals surface area (Å²) in [4.78, 5) is 34.8. The summed E-state index contributed by atoms with van der Waals surface area (Å²) in [6, 6.07) is 14.3. The highest BCUT2D eigenvalue weighted by Crippen LogP contribution is 2.40. The minimum absolute atomic E-state index is 0.00138. The van der Waals surface area contributed by atoms with E-state index in [-0.39, 0.29) is 54.3 Å². The molecule has 5 rings (SSSR count). The first-order chi connectivity index (χ1) is 24.1.